The third-order valence-electron chi connectivity index (χ3n) is 7.54. The Balaban J connectivity index is 1.32. The number of urea groups is 1. The van der Waals surface area contributed by atoms with Crippen molar-refractivity contribution in [3.8, 4) is 11.1 Å². The summed E-state index contributed by atoms with van der Waals surface area (Å²) in [6.07, 6.45) is -1.12. The molecule has 4 heterocycles. The van der Waals surface area contributed by atoms with Crippen LogP contribution in [0.15, 0.2) is 53.6 Å². The molecule has 1 atom stereocenters. The second-order valence-electron chi connectivity index (χ2n) is 10.0. The first kappa shape index (κ1) is 25.0. The van der Waals surface area contributed by atoms with Crippen molar-refractivity contribution in [2.75, 3.05) is 31.1 Å². The molecule has 2 aliphatic heterocycles. The average Bonchev–Trinajstić information content (AvgIpc) is 3.40. The molecule has 9 nitrogen and oxygen atoms in total. The van der Waals surface area contributed by atoms with Gasteiger partial charge in [0.25, 0.3) is 5.56 Å². The van der Waals surface area contributed by atoms with Crippen molar-refractivity contribution in [2.45, 2.75) is 25.7 Å². The number of fused-ring (bicyclic) bond motifs is 2. The van der Waals surface area contributed by atoms with Gasteiger partial charge in [0.2, 0.25) is 5.95 Å². The van der Waals surface area contributed by atoms with Crippen LogP contribution in [0.1, 0.15) is 16.7 Å². The van der Waals surface area contributed by atoms with Crippen LogP contribution in [0, 0.1) is 6.92 Å². The lowest BCUT2D eigenvalue weighted by Crippen LogP contribution is -2.52. The first-order chi connectivity index (χ1) is 18.6. The Morgan fingerprint density at radius 3 is 2.54 bits per heavy atom. The number of carbonyl (C=O) groups is 1. The fourth-order valence-electron chi connectivity index (χ4n) is 5.45. The monoisotopic (exact) mass is 537 g/mol. The number of nitrogens with one attached hydrogen (secondary N) is 1. The van der Waals surface area contributed by atoms with Crippen LogP contribution in [0.25, 0.3) is 22.0 Å². The van der Waals surface area contributed by atoms with E-state index in [0.29, 0.717) is 54.2 Å². The van der Waals surface area contributed by atoms with E-state index in [1.807, 2.05) is 9.80 Å². The number of aryl methyl sites for hydroxylation is 1. The summed E-state index contributed by atoms with van der Waals surface area (Å²) in [4.78, 5) is 37.7. The van der Waals surface area contributed by atoms with Gasteiger partial charge < -0.3 is 15.1 Å². The molecular formula is C27H26F3N7O2. The standard InChI is InChI=1S/C27H26F3N7O2/c1-16-3-6-22(27(28,29)30)18(9-16)14-37-23-10-17(4-5-21(23)24(38)34(37)2)19-11-31-25(32-12-19)35-7-8-36-20(15-35)13-33-26(36)39/h3-6,9-12,20H,7-8,13-15H2,1-2H3,(H,33,39). The molecule has 1 N–H and O–H groups in total. The minimum absolute atomic E-state index is 0.0391. The Hall–Kier alpha value is -4.35. The molecule has 0 aliphatic carbocycles. The molecule has 0 saturated carbocycles. The number of carbonyl (C=O) groups excluding carboxylic acids is 1. The number of hydrogen-bond donors (Lipinski definition) is 1. The van der Waals surface area contributed by atoms with E-state index in [0.717, 1.165) is 11.6 Å². The van der Waals surface area contributed by atoms with E-state index in [1.54, 1.807) is 49.2 Å². The number of halogens is 3. The summed E-state index contributed by atoms with van der Waals surface area (Å²) in [5, 5.41) is 3.27. The SMILES string of the molecule is Cc1ccc(C(F)(F)F)c(Cn2c3cc(-c4cnc(N5CCN6C(=O)NCC6C5)nc4)ccc3c(=O)n2C)c1. The molecule has 2 aliphatic rings. The molecule has 0 spiro atoms. The van der Waals surface area contributed by atoms with Crippen molar-refractivity contribution in [3.05, 3.63) is 75.8 Å². The first-order valence-corrected chi connectivity index (χ1v) is 12.6. The van der Waals surface area contributed by atoms with Gasteiger partial charge in [0, 0.05) is 51.2 Å². The third-order valence-corrected chi connectivity index (χ3v) is 7.54. The predicted molar refractivity (Wildman–Crippen MR) is 140 cm³/mol. The third kappa shape index (κ3) is 4.39. The maximum Gasteiger partial charge on any atom is 0.416 e. The van der Waals surface area contributed by atoms with E-state index in [4.69, 9.17) is 0 Å². The van der Waals surface area contributed by atoms with Gasteiger partial charge in [-0.3, -0.25) is 14.2 Å². The highest BCUT2D eigenvalue weighted by Gasteiger charge is 2.36. The molecule has 39 heavy (non-hydrogen) atoms. The maximum absolute atomic E-state index is 13.7. The number of benzene rings is 2. The zero-order valence-electron chi connectivity index (χ0n) is 21.4. The first-order valence-electron chi connectivity index (χ1n) is 12.6. The predicted octanol–water partition coefficient (Wildman–Crippen LogP) is 3.39. The Labute approximate surface area is 221 Å². The summed E-state index contributed by atoms with van der Waals surface area (Å²) in [6, 6.07) is 9.32. The number of anilines is 1. The van der Waals surface area contributed by atoms with Crippen LogP contribution in [0.4, 0.5) is 23.9 Å². The molecule has 6 rings (SSSR count). The molecule has 4 aromatic rings. The average molecular weight is 538 g/mol. The van der Waals surface area contributed by atoms with Crippen LogP contribution >= 0.6 is 0 Å². The van der Waals surface area contributed by atoms with Crippen LogP contribution in [0.2, 0.25) is 0 Å². The van der Waals surface area contributed by atoms with Crippen molar-refractivity contribution in [1.82, 2.24) is 29.5 Å². The second-order valence-corrected chi connectivity index (χ2v) is 10.0. The number of nitrogens with zero attached hydrogens (tertiary/aromatic N) is 6. The van der Waals surface area contributed by atoms with Crippen molar-refractivity contribution < 1.29 is 18.0 Å². The van der Waals surface area contributed by atoms with Gasteiger partial charge in [-0.25, -0.2) is 14.8 Å². The van der Waals surface area contributed by atoms with Crippen molar-refractivity contribution in [1.29, 1.82) is 0 Å². The van der Waals surface area contributed by atoms with Crippen molar-refractivity contribution in [2.24, 2.45) is 7.05 Å². The Morgan fingerprint density at radius 2 is 1.79 bits per heavy atom. The van der Waals surface area contributed by atoms with Crippen molar-refractivity contribution >= 4 is 22.9 Å². The molecule has 2 fully saturated rings. The summed E-state index contributed by atoms with van der Waals surface area (Å²) >= 11 is 0. The summed E-state index contributed by atoms with van der Waals surface area (Å²) < 4.78 is 44.1. The van der Waals surface area contributed by atoms with Gasteiger partial charge in [-0.1, -0.05) is 23.8 Å². The lowest BCUT2D eigenvalue weighted by molar-refractivity contribution is -0.138. The van der Waals surface area contributed by atoms with Crippen LogP contribution in [0.5, 0.6) is 0 Å². The van der Waals surface area contributed by atoms with Gasteiger partial charge in [0.05, 0.1) is 29.1 Å². The summed E-state index contributed by atoms with van der Waals surface area (Å²) in [6.45, 7) is 4.08. The normalized spacial score (nSPS) is 17.6. The van der Waals surface area contributed by atoms with Gasteiger partial charge in [-0.2, -0.15) is 13.2 Å². The van der Waals surface area contributed by atoms with Gasteiger partial charge in [0.15, 0.2) is 0 Å². The summed E-state index contributed by atoms with van der Waals surface area (Å²) in [5.74, 6) is 0.564. The second kappa shape index (κ2) is 9.14. The van der Waals surface area contributed by atoms with Crippen molar-refractivity contribution in [3.63, 3.8) is 0 Å². The van der Waals surface area contributed by atoms with Crippen LogP contribution in [-0.2, 0) is 19.8 Å². The van der Waals surface area contributed by atoms with E-state index in [2.05, 4.69) is 15.3 Å². The smallest absolute Gasteiger partial charge is 0.337 e. The number of hydrogen-bond acceptors (Lipinski definition) is 5. The molecule has 0 radical (unpaired) electrons. The van der Waals surface area contributed by atoms with Crippen LogP contribution < -0.4 is 15.8 Å². The largest absolute Gasteiger partial charge is 0.416 e. The Kier molecular flexibility index (Phi) is 5.85. The minimum Gasteiger partial charge on any atom is -0.337 e. The van der Waals surface area contributed by atoms with E-state index < -0.39 is 11.7 Å². The highest BCUT2D eigenvalue weighted by Crippen LogP contribution is 2.33. The van der Waals surface area contributed by atoms with Gasteiger partial charge in [-0.05, 0) is 36.2 Å². The van der Waals surface area contributed by atoms with E-state index in [-0.39, 0.29) is 29.7 Å². The Bertz CT molecular complexity index is 1640. The zero-order chi connectivity index (χ0) is 27.5. The van der Waals surface area contributed by atoms with Gasteiger partial charge in [-0.15, -0.1) is 0 Å². The van der Waals surface area contributed by atoms with E-state index in [9.17, 15) is 22.8 Å². The molecule has 0 bridgehead atoms. The lowest BCUT2D eigenvalue weighted by Gasteiger charge is -2.36. The fraction of sp³-hybridized carbons (Fsp3) is 0.333. The molecule has 2 saturated heterocycles. The molecule has 2 aromatic heterocycles. The molecule has 1 unspecified atom stereocenters. The summed E-state index contributed by atoms with van der Waals surface area (Å²) in [7, 11) is 1.55. The zero-order valence-corrected chi connectivity index (χ0v) is 21.4. The minimum atomic E-state index is -4.51. The van der Waals surface area contributed by atoms with Crippen LogP contribution in [-0.4, -0.2) is 62.5 Å². The molecule has 202 valence electrons. The highest BCUT2D eigenvalue weighted by atomic mass is 19.4. The maximum atomic E-state index is 13.7. The fourth-order valence-corrected chi connectivity index (χ4v) is 5.45. The molecular weight excluding hydrogens is 511 g/mol. The topological polar surface area (TPSA) is 88.3 Å². The van der Waals surface area contributed by atoms with E-state index in [1.165, 1.54) is 16.8 Å². The molecule has 12 heteroatoms. The number of amides is 2. The number of piperazine rings is 1. The molecule has 2 aromatic carbocycles. The molecule has 2 amide bonds. The van der Waals surface area contributed by atoms with E-state index >= 15 is 0 Å². The van der Waals surface area contributed by atoms with Gasteiger partial charge >= 0.3 is 12.2 Å². The van der Waals surface area contributed by atoms with Gasteiger partial charge in [0.1, 0.15) is 0 Å². The highest BCUT2D eigenvalue weighted by molar-refractivity contribution is 5.84. The number of aromatic nitrogens is 4. The quantitative estimate of drug-likeness (QED) is 0.431. The summed E-state index contributed by atoms with van der Waals surface area (Å²) in [5.41, 5.74) is 1.76. The Morgan fingerprint density at radius 1 is 1.03 bits per heavy atom. The lowest BCUT2D eigenvalue weighted by atomic mass is 10.0. The van der Waals surface area contributed by atoms with Crippen LogP contribution in [0.3, 0.4) is 0 Å². The number of rotatable bonds is 4. The number of alkyl halides is 3.